The normalized spacial score (nSPS) is 12.3. The van der Waals surface area contributed by atoms with Crippen LogP contribution < -0.4 is 16.4 Å². The van der Waals surface area contributed by atoms with E-state index in [1.165, 1.54) is 6.07 Å². The fourth-order valence-electron chi connectivity index (χ4n) is 3.36. The Balaban J connectivity index is 2.00. The van der Waals surface area contributed by atoms with Gasteiger partial charge in [-0.3, -0.25) is 24.5 Å². The maximum atomic E-state index is 13.2. The van der Waals surface area contributed by atoms with Crippen LogP contribution in [0, 0.1) is 0 Å². The van der Waals surface area contributed by atoms with Crippen molar-refractivity contribution in [2.75, 3.05) is 5.32 Å². The molecule has 1 aliphatic heterocycles. The lowest BCUT2D eigenvalue weighted by molar-refractivity contribution is 0.0871. The minimum atomic E-state index is -0.863. The van der Waals surface area contributed by atoms with Crippen molar-refractivity contribution in [1.29, 1.82) is 0 Å². The summed E-state index contributed by atoms with van der Waals surface area (Å²) in [5.41, 5.74) is 6.47. The first kappa shape index (κ1) is 18.1. The van der Waals surface area contributed by atoms with Gasteiger partial charge in [-0.15, -0.1) is 0 Å². The van der Waals surface area contributed by atoms with Crippen LogP contribution in [0.3, 0.4) is 0 Å². The van der Waals surface area contributed by atoms with Crippen molar-refractivity contribution < 1.29 is 19.2 Å². The molecule has 4 N–H and O–H groups in total. The van der Waals surface area contributed by atoms with Crippen LogP contribution in [0.5, 0.6) is 0 Å². The molecule has 1 aliphatic rings. The van der Waals surface area contributed by atoms with Crippen molar-refractivity contribution >= 4 is 29.3 Å². The maximum absolute atomic E-state index is 13.2. The van der Waals surface area contributed by atoms with E-state index in [2.05, 4.69) is 10.6 Å². The van der Waals surface area contributed by atoms with E-state index in [0.717, 1.165) is 0 Å². The summed E-state index contributed by atoms with van der Waals surface area (Å²) in [4.78, 5) is 50.0. The largest absolute Gasteiger partial charge is 0.366 e. The molecule has 4 amide bonds. The van der Waals surface area contributed by atoms with Gasteiger partial charge in [-0.25, -0.2) is 0 Å². The van der Waals surface area contributed by atoms with Crippen LogP contribution in [0.25, 0.3) is 11.1 Å². The summed E-state index contributed by atoms with van der Waals surface area (Å²) in [6, 6.07) is 18.9. The van der Waals surface area contributed by atoms with Gasteiger partial charge in [0, 0.05) is 5.69 Å². The fraction of sp³-hybridized carbons (Fsp3) is 0. The number of amides is 4. The topological polar surface area (TPSA) is 118 Å². The van der Waals surface area contributed by atoms with Crippen molar-refractivity contribution in [1.82, 2.24) is 5.32 Å². The highest BCUT2D eigenvalue weighted by Crippen LogP contribution is 2.34. The van der Waals surface area contributed by atoms with Crippen LogP contribution in [-0.4, -0.2) is 23.6 Å². The Morgan fingerprint density at radius 3 is 2.03 bits per heavy atom. The molecule has 3 aromatic rings. The van der Waals surface area contributed by atoms with Gasteiger partial charge in [0.25, 0.3) is 17.7 Å². The average Bonchev–Trinajstić information content (AvgIpc) is 3.02. The van der Waals surface area contributed by atoms with E-state index in [1.807, 2.05) is 0 Å². The Bertz CT molecular complexity index is 1170. The molecule has 3 aromatic carbocycles. The zero-order chi connectivity index (χ0) is 20.5. The molecule has 0 aromatic heterocycles. The quantitative estimate of drug-likeness (QED) is 0.598. The van der Waals surface area contributed by atoms with Crippen LogP contribution in [0.1, 0.15) is 41.4 Å². The van der Waals surface area contributed by atoms with E-state index in [4.69, 9.17) is 5.73 Å². The molecule has 0 saturated carbocycles. The van der Waals surface area contributed by atoms with Crippen molar-refractivity contribution in [3.63, 3.8) is 0 Å². The van der Waals surface area contributed by atoms with Gasteiger partial charge in [0.1, 0.15) is 0 Å². The van der Waals surface area contributed by atoms with Gasteiger partial charge in [-0.05, 0) is 29.3 Å². The lowest BCUT2D eigenvalue weighted by atomic mass is 9.88. The number of fused-ring (bicyclic) bond motifs is 1. The Hall–Kier alpha value is -4.26. The maximum Gasteiger partial charge on any atom is 0.259 e. The van der Waals surface area contributed by atoms with Crippen molar-refractivity contribution in [3.05, 3.63) is 89.0 Å². The third-order valence-corrected chi connectivity index (χ3v) is 4.62. The van der Waals surface area contributed by atoms with E-state index in [9.17, 15) is 19.2 Å². The van der Waals surface area contributed by atoms with Gasteiger partial charge >= 0.3 is 0 Å². The molecule has 7 nitrogen and oxygen atoms in total. The minimum Gasteiger partial charge on any atom is -0.366 e. The Morgan fingerprint density at radius 2 is 1.41 bits per heavy atom. The number of carbonyl (C=O) groups excluding carboxylic acids is 4. The molecule has 0 radical (unpaired) electrons. The molecule has 0 unspecified atom stereocenters. The minimum absolute atomic E-state index is 0.00315. The highest BCUT2D eigenvalue weighted by atomic mass is 16.2. The van der Waals surface area contributed by atoms with Gasteiger partial charge in [0.15, 0.2) is 0 Å². The molecule has 0 spiro atoms. The Labute approximate surface area is 165 Å². The summed E-state index contributed by atoms with van der Waals surface area (Å²) < 4.78 is 0. The van der Waals surface area contributed by atoms with Gasteiger partial charge in [-0.2, -0.15) is 0 Å². The summed E-state index contributed by atoms with van der Waals surface area (Å²) in [7, 11) is 0. The number of hydrogen-bond donors (Lipinski definition) is 3. The smallest absolute Gasteiger partial charge is 0.259 e. The van der Waals surface area contributed by atoms with Crippen LogP contribution in [0.4, 0.5) is 5.69 Å². The number of hydrogen-bond acceptors (Lipinski definition) is 4. The fourth-order valence-corrected chi connectivity index (χ4v) is 3.36. The molecule has 0 atom stereocenters. The van der Waals surface area contributed by atoms with E-state index in [1.54, 1.807) is 60.7 Å². The summed E-state index contributed by atoms with van der Waals surface area (Å²) in [6.45, 7) is 0. The summed E-state index contributed by atoms with van der Waals surface area (Å²) in [5, 5.41) is 4.89. The second-order valence-electron chi connectivity index (χ2n) is 6.43. The van der Waals surface area contributed by atoms with Crippen molar-refractivity contribution in [3.8, 4) is 11.1 Å². The van der Waals surface area contributed by atoms with Gasteiger partial charge in [0.2, 0.25) is 5.91 Å². The van der Waals surface area contributed by atoms with Gasteiger partial charge < -0.3 is 11.1 Å². The first-order chi connectivity index (χ1) is 14.0. The van der Waals surface area contributed by atoms with Crippen molar-refractivity contribution in [2.24, 2.45) is 5.73 Å². The molecule has 0 fully saturated rings. The van der Waals surface area contributed by atoms with E-state index >= 15 is 0 Å². The monoisotopic (exact) mass is 385 g/mol. The predicted octanol–water partition coefficient (Wildman–Crippen LogP) is 2.59. The zero-order valence-corrected chi connectivity index (χ0v) is 15.1. The molecule has 142 valence electrons. The standard InChI is InChI=1S/C22H15N3O4/c23-19(26)15-11-14(12-7-3-1-4-8-12)16(18-17(15)21(28)25-22(18)29)20(27)24-13-9-5-2-6-10-13/h1-11H,(H2,23,26)(H,24,27)(H,25,28,29). The third kappa shape index (κ3) is 3.14. The molecule has 1 heterocycles. The first-order valence-electron chi connectivity index (χ1n) is 8.75. The summed E-state index contributed by atoms with van der Waals surface area (Å²) in [5.74, 6) is -2.94. The van der Waals surface area contributed by atoms with Gasteiger partial charge in [-0.1, -0.05) is 48.5 Å². The Kier molecular flexibility index (Phi) is 4.40. The van der Waals surface area contributed by atoms with Crippen LogP contribution in [-0.2, 0) is 0 Å². The van der Waals surface area contributed by atoms with Crippen molar-refractivity contribution in [2.45, 2.75) is 0 Å². The highest BCUT2D eigenvalue weighted by Gasteiger charge is 2.37. The molecule has 4 rings (SSSR count). The number of benzene rings is 3. The predicted molar refractivity (Wildman–Crippen MR) is 107 cm³/mol. The number of nitrogens with one attached hydrogen (secondary N) is 2. The lowest BCUT2D eigenvalue weighted by Gasteiger charge is -2.15. The second-order valence-corrected chi connectivity index (χ2v) is 6.43. The van der Waals surface area contributed by atoms with E-state index in [0.29, 0.717) is 16.8 Å². The molecular formula is C22H15N3O4. The molecule has 29 heavy (non-hydrogen) atoms. The second kappa shape index (κ2) is 7.05. The molecule has 0 aliphatic carbocycles. The first-order valence-corrected chi connectivity index (χ1v) is 8.75. The number of para-hydroxylation sites is 1. The number of rotatable bonds is 4. The number of primary amides is 1. The number of nitrogens with two attached hydrogens (primary N) is 1. The highest BCUT2D eigenvalue weighted by molar-refractivity contribution is 6.30. The molecule has 0 saturated heterocycles. The zero-order valence-electron chi connectivity index (χ0n) is 15.1. The third-order valence-electron chi connectivity index (χ3n) is 4.62. The number of anilines is 1. The SMILES string of the molecule is NC(=O)c1cc(-c2ccccc2)c(C(=O)Nc2ccccc2)c2c1C(=O)NC2=O. The molecular weight excluding hydrogens is 370 g/mol. The van der Waals surface area contributed by atoms with Crippen LogP contribution in [0.15, 0.2) is 66.7 Å². The summed E-state index contributed by atoms with van der Waals surface area (Å²) >= 11 is 0. The van der Waals surface area contributed by atoms with E-state index in [-0.39, 0.29) is 22.3 Å². The van der Waals surface area contributed by atoms with E-state index < -0.39 is 23.6 Å². The number of carbonyl (C=O) groups is 4. The summed E-state index contributed by atoms with van der Waals surface area (Å²) in [6.07, 6.45) is 0. The average molecular weight is 385 g/mol. The Morgan fingerprint density at radius 1 is 0.828 bits per heavy atom. The molecule has 7 heteroatoms. The van der Waals surface area contributed by atoms with Crippen LogP contribution >= 0.6 is 0 Å². The van der Waals surface area contributed by atoms with Crippen LogP contribution in [0.2, 0.25) is 0 Å². The molecule has 0 bridgehead atoms. The lowest BCUT2D eigenvalue weighted by Crippen LogP contribution is -2.22. The number of imide groups is 1. The van der Waals surface area contributed by atoms with Gasteiger partial charge in [0.05, 0.1) is 22.3 Å².